The number of benzene rings is 1. The van der Waals surface area contributed by atoms with Crippen LogP contribution < -0.4 is 5.32 Å². The number of phenols is 1. The predicted octanol–water partition coefficient (Wildman–Crippen LogP) is 1.59. The van der Waals surface area contributed by atoms with Crippen LogP contribution in [0.2, 0.25) is 0 Å². The number of rotatable bonds is 5. The van der Waals surface area contributed by atoms with E-state index in [2.05, 4.69) is 15.3 Å². The fourth-order valence-electron chi connectivity index (χ4n) is 1.57. The molecule has 0 aliphatic rings. The Morgan fingerprint density at radius 1 is 1.41 bits per heavy atom. The fraction of sp³-hybridized carbons (Fsp3) is 0.250. The van der Waals surface area contributed by atoms with Crippen LogP contribution in [0, 0.1) is 5.82 Å². The zero-order valence-electron chi connectivity index (χ0n) is 9.28. The summed E-state index contributed by atoms with van der Waals surface area (Å²) in [6.45, 7) is 1.15. The van der Waals surface area contributed by atoms with Crippen molar-refractivity contribution in [2.24, 2.45) is 0 Å². The molecule has 3 N–H and O–H groups in total. The van der Waals surface area contributed by atoms with Crippen molar-refractivity contribution in [1.29, 1.82) is 0 Å². The van der Waals surface area contributed by atoms with Crippen molar-refractivity contribution in [3.63, 3.8) is 0 Å². The number of hydrogen-bond acceptors (Lipinski definition) is 3. The third-order valence-electron chi connectivity index (χ3n) is 2.48. The molecule has 4 nitrogen and oxygen atoms in total. The highest BCUT2D eigenvalue weighted by Gasteiger charge is 2.05. The zero-order valence-corrected chi connectivity index (χ0v) is 9.28. The Labute approximate surface area is 98.5 Å². The van der Waals surface area contributed by atoms with E-state index in [1.54, 1.807) is 24.5 Å². The Morgan fingerprint density at radius 2 is 2.29 bits per heavy atom. The predicted molar refractivity (Wildman–Crippen MR) is 62.1 cm³/mol. The molecule has 1 heterocycles. The molecule has 17 heavy (non-hydrogen) atoms. The molecule has 0 aliphatic heterocycles. The number of aromatic amines is 1. The standard InChI is InChI=1S/C12H14FN3O/c13-10-3-1-2-9(12(10)17)8-14-5-4-11-15-6-7-16-11/h1-3,6-7,14,17H,4-5,8H2,(H,15,16). The van der Waals surface area contributed by atoms with E-state index in [0.717, 1.165) is 12.2 Å². The molecule has 0 unspecified atom stereocenters. The van der Waals surface area contributed by atoms with E-state index >= 15 is 0 Å². The van der Waals surface area contributed by atoms with E-state index in [9.17, 15) is 9.50 Å². The summed E-state index contributed by atoms with van der Waals surface area (Å²) in [6, 6.07) is 4.51. The number of H-pyrrole nitrogens is 1. The van der Waals surface area contributed by atoms with Gasteiger partial charge in [0.1, 0.15) is 5.82 Å². The van der Waals surface area contributed by atoms with Gasteiger partial charge >= 0.3 is 0 Å². The summed E-state index contributed by atoms with van der Waals surface area (Å²) in [6.07, 6.45) is 4.24. The van der Waals surface area contributed by atoms with Gasteiger partial charge in [0.05, 0.1) is 0 Å². The minimum atomic E-state index is -0.588. The van der Waals surface area contributed by atoms with Crippen molar-refractivity contribution < 1.29 is 9.50 Å². The highest BCUT2D eigenvalue weighted by atomic mass is 19.1. The number of hydrogen-bond donors (Lipinski definition) is 3. The normalized spacial score (nSPS) is 10.6. The van der Waals surface area contributed by atoms with Crippen molar-refractivity contribution >= 4 is 0 Å². The minimum Gasteiger partial charge on any atom is -0.505 e. The average molecular weight is 235 g/mol. The first kappa shape index (κ1) is 11.6. The van der Waals surface area contributed by atoms with Crippen LogP contribution in [0.4, 0.5) is 4.39 Å². The molecule has 1 aromatic carbocycles. The second-order valence-electron chi connectivity index (χ2n) is 3.71. The van der Waals surface area contributed by atoms with Gasteiger partial charge in [-0.15, -0.1) is 0 Å². The van der Waals surface area contributed by atoms with Gasteiger partial charge in [0.25, 0.3) is 0 Å². The molecule has 0 atom stereocenters. The van der Waals surface area contributed by atoms with Crippen LogP contribution in [0.25, 0.3) is 0 Å². The lowest BCUT2D eigenvalue weighted by atomic mass is 10.2. The molecule has 0 aliphatic carbocycles. The van der Waals surface area contributed by atoms with Crippen molar-refractivity contribution in [2.75, 3.05) is 6.54 Å². The summed E-state index contributed by atoms with van der Waals surface area (Å²) in [5, 5.41) is 12.6. The van der Waals surface area contributed by atoms with E-state index in [1.165, 1.54) is 6.07 Å². The Morgan fingerprint density at radius 3 is 3.06 bits per heavy atom. The van der Waals surface area contributed by atoms with Gasteiger partial charge in [-0.1, -0.05) is 12.1 Å². The zero-order chi connectivity index (χ0) is 12.1. The van der Waals surface area contributed by atoms with Crippen LogP contribution in [0.3, 0.4) is 0 Å². The molecule has 2 aromatic rings. The van der Waals surface area contributed by atoms with Crippen LogP contribution in [0.15, 0.2) is 30.6 Å². The first-order valence-electron chi connectivity index (χ1n) is 5.42. The van der Waals surface area contributed by atoms with E-state index < -0.39 is 5.82 Å². The monoisotopic (exact) mass is 235 g/mol. The van der Waals surface area contributed by atoms with Crippen molar-refractivity contribution in [1.82, 2.24) is 15.3 Å². The van der Waals surface area contributed by atoms with Gasteiger partial charge in [0, 0.05) is 37.5 Å². The molecule has 0 radical (unpaired) electrons. The van der Waals surface area contributed by atoms with Crippen LogP contribution in [0.1, 0.15) is 11.4 Å². The van der Waals surface area contributed by atoms with Crippen molar-refractivity contribution in [3.8, 4) is 5.75 Å². The molecule has 0 spiro atoms. The lowest BCUT2D eigenvalue weighted by molar-refractivity contribution is 0.423. The number of nitrogens with zero attached hydrogens (tertiary/aromatic N) is 1. The molecular weight excluding hydrogens is 221 g/mol. The van der Waals surface area contributed by atoms with Gasteiger partial charge in [-0.3, -0.25) is 0 Å². The quantitative estimate of drug-likeness (QED) is 0.690. The second-order valence-corrected chi connectivity index (χ2v) is 3.71. The number of aromatic hydroxyl groups is 1. The summed E-state index contributed by atoms with van der Waals surface area (Å²) < 4.78 is 13.0. The molecule has 0 amide bonds. The van der Waals surface area contributed by atoms with Crippen LogP contribution in [-0.4, -0.2) is 21.6 Å². The van der Waals surface area contributed by atoms with Crippen molar-refractivity contribution in [2.45, 2.75) is 13.0 Å². The van der Waals surface area contributed by atoms with Crippen LogP contribution in [0.5, 0.6) is 5.75 Å². The molecule has 0 saturated heterocycles. The first-order chi connectivity index (χ1) is 8.27. The minimum absolute atomic E-state index is 0.280. The van der Waals surface area contributed by atoms with E-state index in [0.29, 0.717) is 18.7 Å². The Hall–Kier alpha value is -1.88. The SMILES string of the molecule is Oc1c(F)cccc1CNCCc1ncc[nH]1. The largest absolute Gasteiger partial charge is 0.505 e. The van der Waals surface area contributed by atoms with E-state index in [4.69, 9.17) is 0 Å². The van der Waals surface area contributed by atoms with Crippen LogP contribution >= 0.6 is 0 Å². The van der Waals surface area contributed by atoms with Gasteiger partial charge in [-0.05, 0) is 6.07 Å². The third-order valence-corrected chi connectivity index (χ3v) is 2.48. The number of phenolic OH excluding ortho intramolecular Hbond substituents is 1. The van der Waals surface area contributed by atoms with Gasteiger partial charge in [-0.2, -0.15) is 0 Å². The van der Waals surface area contributed by atoms with Gasteiger partial charge in [0.15, 0.2) is 11.6 Å². The summed E-state index contributed by atoms with van der Waals surface area (Å²) in [5.74, 6) is 0.0364. The Balaban J connectivity index is 1.80. The van der Waals surface area contributed by atoms with E-state index in [1.807, 2.05) is 0 Å². The summed E-state index contributed by atoms with van der Waals surface area (Å²) in [4.78, 5) is 7.08. The molecule has 1 aromatic heterocycles. The van der Waals surface area contributed by atoms with Gasteiger partial charge < -0.3 is 15.4 Å². The first-order valence-corrected chi connectivity index (χ1v) is 5.42. The number of halogens is 1. The maximum atomic E-state index is 13.0. The summed E-state index contributed by atoms with van der Waals surface area (Å²) in [5.41, 5.74) is 0.560. The van der Waals surface area contributed by atoms with Gasteiger partial charge in [0.2, 0.25) is 0 Å². The Kier molecular flexibility index (Phi) is 3.72. The second kappa shape index (κ2) is 5.45. The molecule has 0 bridgehead atoms. The molecule has 2 rings (SSSR count). The van der Waals surface area contributed by atoms with Gasteiger partial charge in [-0.25, -0.2) is 9.37 Å². The average Bonchev–Trinajstić information content (AvgIpc) is 2.83. The maximum Gasteiger partial charge on any atom is 0.165 e. The molecule has 0 fully saturated rings. The highest BCUT2D eigenvalue weighted by Crippen LogP contribution is 2.20. The Bertz CT molecular complexity index is 471. The topological polar surface area (TPSA) is 60.9 Å². The lowest BCUT2D eigenvalue weighted by Crippen LogP contribution is -2.17. The lowest BCUT2D eigenvalue weighted by Gasteiger charge is -2.06. The summed E-state index contributed by atoms with van der Waals surface area (Å²) in [7, 11) is 0. The van der Waals surface area contributed by atoms with E-state index in [-0.39, 0.29) is 5.75 Å². The molecule has 0 saturated carbocycles. The van der Waals surface area contributed by atoms with Crippen molar-refractivity contribution in [3.05, 3.63) is 47.8 Å². The number of nitrogens with one attached hydrogen (secondary N) is 2. The molecular formula is C12H14FN3O. The fourth-order valence-corrected chi connectivity index (χ4v) is 1.57. The smallest absolute Gasteiger partial charge is 0.165 e. The number of aromatic nitrogens is 2. The highest BCUT2D eigenvalue weighted by molar-refractivity contribution is 5.33. The number of para-hydroxylation sites is 1. The summed E-state index contributed by atoms with van der Waals surface area (Å²) >= 11 is 0. The maximum absolute atomic E-state index is 13.0. The molecule has 5 heteroatoms. The third kappa shape index (κ3) is 3.04. The number of imidazole rings is 1. The molecule has 90 valence electrons. The van der Waals surface area contributed by atoms with Crippen LogP contribution in [-0.2, 0) is 13.0 Å².